The summed E-state index contributed by atoms with van der Waals surface area (Å²) in [5.74, 6) is -1.36. The molecule has 1 aromatic carbocycles. The third kappa shape index (κ3) is 2.17. The highest BCUT2D eigenvalue weighted by molar-refractivity contribution is 5.81. The van der Waals surface area contributed by atoms with Gasteiger partial charge in [0.25, 0.3) is 0 Å². The van der Waals surface area contributed by atoms with Crippen LogP contribution >= 0.6 is 0 Å². The van der Waals surface area contributed by atoms with Crippen LogP contribution in [0, 0.1) is 0 Å². The van der Waals surface area contributed by atoms with Gasteiger partial charge in [0.05, 0.1) is 6.42 Å². The quantitative estimate of drug-likeness (QED) is 0.802. The number of aromatic hydroxyl groups is 1. The SMILES string of the molecule is O=C(O)c1nnc(Cc2cccc(O)c2)o1. The lowest BCUT2D eigenvalue weighted by molar-refractivity contribution is 0.0651. The Morgan fingerprint density at radius 1 is 1.38 bits per heavy atom. The fourth-order valence-electron chi connectivity index (χ4n) is 1.25. The molecule has 0 amide bonds. The lowest BCUT2D eigenvalue weighted by Gasteiger charge is -1.97. The van der Waals surface area contributed by atoms with Crippen LogP contribution < -0.4 is 0 Å². The Kier molecular flexibility index (Phi) is 2.55. The molecule has 0 spiro atoms. The summed E-state index contributed by atoms with van der Waals surface area (Å²) in [6, 6.07) is 6.54. The molecule has 1 aromatic heterocycles. The van der Waals surface area contributed by atoms with E-state index in [4.69, 9.17) is 9.52 Å². The van der Waals surface area contributed by atoms with E-state index in [0.717, 1.165) is 5.56 Å². The number of phenolic OH excluding ortho intramolecular Hbond substituents is 1. The van der Waals surface area contributed by atoms with Gasteiger partial charge in [-0.25, -0.2) is 4.79 Å². The molecule has 6 heteroatoms. The molecule has 0 saturated carbocycles. The monoisotopic (exact) mass is 220 g/mol. The average Bonchev–Trinajstić information content (AvgIpc) is 2.66. The van der Waals surface area contributed by atoms with Crippen molar-refractivity contribution in [3.8, 4) is 5.75 Å². The first kappa shape index (κ1) is 10.2. The van der Waals surface area contributed by atoms with Crippen molar-refractivity contribution in [3.05, 3.63) is 41.6 Å². The van der Waals surface area contributed by atoms with Gasteiger partial charge in [-0.15, -0.1) is 10.2 Å². The topological polar surface area (TPSA) is 96.5 Å². The maximum atomic E-state index is 10.5. The van der Waals surface area contributed by atoms with Crippen LogP contribution in [0.1, 0.15) is 22.1 Å². The van der Waals surface area contributed by atoms with E-state index in [9.17, 15) is 9.90 Å². The van der Waals surface area contributed by atoms with E-state index in [-0.39, 0.29) is 18.1 Å². The highest BCUT2D eigenvalue weighted by Gasteiger charge is 2.13. The second-order valence-corrected chi connectivity index (χ2v) is 3.15. The van der Waals surface area contributed by atoms with Crippen LogP contribution in [-0.2, 0) is 6.42 Å². The van der Waals surface area contributed by atoms with Crippen molar-refractivity contribution >= 4 is 5.97 Å². The fraction of sp³-hybridized carbons (Fsp3) is 0.100. The van der Waals surface area contributed by atoms with E-state index in [0.29, 0.717) is 0 Å². The zero-order valence-corrected chi connectivity index (χ0v) is 8.12. The number of benzene rings is 1. The minimum Gasteiger partial charge on any atom is -0.508 e. The molecule has 0 unspecified atom stereocenters. The molecule has 0 aliphatic heterocycles. The van der Waals surface area contributed by atoms with Crippen LogP contribution in [0.3, 0.4) is 0 Å². The molecule has 6 nitrogen and oxygen atoms in total. The first-order chi connectivity index (χ1) is 7.65. The predicted octanol–water partition coefficient (Wildman–Crippen LogP) is 1.06. The molecule has 0 fully saturated rings. The maximum Gasteiger partial charge on any atom is 0.393 e. The van der Waals surface area contributed by atoms with Crippen molar-refractivity contribution in [1.29, 1.82) is 0 Å². The van der Waals surface area contributed by atoms with Gasteiger partial charge in [-0.3, -0.25) is 0 Å². The molecule has 2 aromatic rings. The average molecular weight is 220 g/mol. The molecule has 0 saturated heterocycles. The summed E-state index contributed by atoms with van der Waals surface area (Å²) in [7, 11) is 0. The van der Waals surface area contributed by atoms with Gasteiger partial charge in [0.2, 0.25) is 5.89 Å². The number of aromatic carboxylic acids is 1. The lowest BCUT2D eigenvalue weighted by atomic mass is 10.1. The molecular weight excluding hydrogens is 212 g/mol. The third-order valence-electron chi connectivity index (χ3n) is 1.92. The summed E-state index contributed by atoms with van der Waals surface area (Å²) < 4.78 is 4.89. The molecule has 2 rings (SSSR count). The second kappa shape index (κ2) is 4.01. The van der Waals surface area contributed by atoms with Crippen LogP contribution in [0.15, 0.2) is 28.7 Å². The van der Waals surface area contributed by atoms with E-state index in [1.54, 1.807) is 24.3 Å². The minimum atomic E-state index is -1.25. The molecule has 0 bridgehead atoms. The summed E-state index contributed by atoms with van der Waals surface area (Å²) >= 11 is 0. The number of carboxylic acid groups (broad SMARTS) is 1. The molecule has 82 valence electrons. The molecule has 0 aliphatic carbocycles. The number of hydrogen-bond acceptors (Lipinski definition) is 5. The highest BCUT2D eigenvalue weighted by atomic mass is 16.4. The number of hydrogen-bond donors (Lipinski definition) is 2. The van der Waals surface area contributed by atoms with Crippen molar-refractivity contribution in [3.63, 3.8) is 0 Å². The largest absolute Gasteiger partial charge is 0.508 e. The van der Waals surface area contributed by atoms with Crippen molar-refractivity contribution in [2.24, 2.45) is 0 Å². The zero-order chi connectivity index (χ0) is 11.5. The van der Waals surface area contributed by atoms with Gasteiger partial charge in [0.1, 0.15) is 5.75 Å². The fourth-order valence-corrected chi connectivity index (χ4v) is 1.25. The summed E-state index contributed by atoms with van der Waals surface area (Å²) in [4.78, 5) is 10.5. The second-order valence-electron chi connectivity index (χ2n) is 3.15. The Balaban J connectivity index is 2.17. The van der Waals surface area contributed by atoms with Crippen LogP contribution in [0.4, 0.5) is 0 Å². The smallest absolute Gasteiger partial charge is 0.393 e. The normalized spacial score (nSPS) is 10.2. The van der Waals surface area contributed by atoms with E-state index in [1.165, 1.54) is 0 Å². The van der Waals surface area contributed by atoms with Crippen LogP contribution in [0.5, 0.6) is 5.75 Å². The number of aromatic nitrogens is 2. The van der Waals surface area contributed by atoms with Crippen molar-refractivity contribution in [1.82, 2.24) is 10.2 Å². The van der Waals surface area contributed by atoms with E-state index in [2.05, 4.69) is 10.2 Å². The van der Waals surface area contributed by atoms with E-state index >= 15 is 0 Å². The molecule has 2 N–H and O–H groups in total. The summed E-state index contributed by atoms with van der Waals surface area (Å²) in [5, 5.41) is 24.7. The van der Waals surface area contributed by atoms with Gasteiger partial charge in [-0.05, 0) is 17.7 Å². The Morgan fingerprint density at radius 3 is 2.81 bits per heavy atom. The standard InChI is InChI=1S/C10H8N2O4/c13-7-3-1-2-6(4-7)5-8-11-12-9(16-8)10(14)15/h1-4,13H,5H2,(H,14,15). The molecule has 0 atom stereocenters. The predicted molar refractivity (Wildman–Crippen MR) is 52.2 cm³/mol. The number of rotatable bonds is 3. The number of carboxylic acids is 1. The summed E-state index contributed by atoms with van der Waals surface area (Å²) in [5.41, 5.74) is 0.764. The van der Waals surface area contributed by atoms with Gasteiger partial charge < -0.3 is 14.6 Å². The molecule has 16 heavy (non-hydrogen) atoms. The van der Waals surface area contributed by atoms with Crippen molar-refractivity contribution < 1.29 is 19.4 Å². The van der Waals surface area contributed by atoms with Gasteiger partial charge in [0, 0.05) is 0 Å². The van der Waals surface area contributed by atoms with E-state index in [1.807, 2.05) is 0 Å². The Labute approximate surface area is 90.2 Å². The zero-order valence-electron chi connectivity index (χ0n) is 8.12. The first-order valence-electron chi connectivity index (χ1n) is 4.49. The molecular formula is C10H8N2O4. The number of nitrogens with zero attached hydrogens (tertiary/aromatic N) is 2. The van der Waals surface area contributed by atoms with Gasteiger partial charge in [-0.1, -0.05) is 12.1 Å². The first-order valence-corrected chi connectivity index (χ1v) is 4.49. The molecule has 1 heterocycles. The third-order valence-corrected chi connectivity index (χ3v) is 1.92. The summed E-state index contributed by atoms with van der Waals surface area (Å²) in [6.07, 6.45) is 0.286. The highest BCUT2D eigenvalue weighted by Crippen LogP contribution is 2.14. The molecule has 0 aliphatic rings. The van der Waals surface area contributed by atoms with Gasteiger partial charge in [0.15, 0.2) is 0 Å². The lowest BCUT2D eigenvalue weighted by Crippen LogP contribution is -1.95. The number of carbonyl (C=O) groups is 1. The Hall–Kier alpha value is -2.37. The Bertz CT molecular complexity index is 521. The van der Waals surface area contributed by atoms with Crippen LogP contribution in [0.2, 0.25) is 0 Å². The molecule has 0 radical (unpaired) electrons. The Morgan fingerprint density at radius 2 is 2.19 bits per heavy atom. The number of phenols is 1. The maximum absolute atomic E-state index is 10.5. The van der Waals surface area contributed by atoms with Gasteiger partial charge in [-0.2, -0.15) is 0 Å². The van der Waals surface area contributed by atoms with Crippen molar-refractivity contribution in [2.45, 2.75) is 6.42 Å². The van der Waals surface area contributed by atoms with Crippen LogP contribution in [0.25, 0.3) is 0 Å². The van der Waals surface area contributed by atoms with Crippen LogP contribution in [-0.4, -0.2) is 26.4 Å². The van der Waals surface area contributed by atoms with Crippen molar-refractivity contribution in [2.75, 3.05) is 0 Å². The summed E-state index contributed by atoms with van der Waals surface area (Å²) in [6.45, 7) is 0. The van der Waals surface area contributed by atoms with E-state index < -0.39 is 11.9 Å². The van der Waals surface area contributed by atoms with Gasteiger partial charge >= 0.3 is 11.9 Å². The minimum absolute atomic E-state index is 0.135.